The summed E-state index contributed by atoms with van der Waals surface area (Å²) in [5.74, 6) is 4.82. The highest BCUT2D eigenvalue weighted by molar-refractivity contribution is 6.21. The molecule has 1 nitrogen and oxygen atoms in total. The van der Waals surface area contributed by atoms with Crippen LogP contribution in [0.25, 0.3) is 0 Å². The quantitative estimate of drug-likeness (QED) is 0.312. The zero-order valence-corrected chi connectivity index (χ0v) is 12.0. The topological polar surface area (TPSA) is 9.23 Å². The number of terminal acetylenes is 1. The average Bonchev–Trinajstić information content (AvgIpc) is 2.36. The van der Waals surface area contributed by atoms with Crippen molar-refractivity contribution in [1.82, 2.24) is 0 Å². The fourth-order valence-corrected chi connectivity index (χ4v) is 2.56. The van der Waals surface area contributed by atoms with E-state index in [4.69, 9.17) is 11.2 Å². The Balaban J connectivity index is 2.44. The van der Waals surface area contributed by atoms with Crippen molar-refractivity contribution in [3.63, 3.8) is 0 Å². The van der Waals surface area contributed by atoms with Crippen LogP contribution in [0.4, 0.5) is 0 Å². The Labute approximate surface area is 113 Å². The molecule has 0 spiro atoms. The van der Waals surface area contributed by atoms with Crippen LogP contribution in [0, 0.1) is 24.2 Å². The second-order valence-electron chi connectivity index (χ2n) is 5.62. The summed E-state index contributed by atoms with van der Waals surface area (Å²) in [6.07, 6.45) is 15.9. The minimum Gasteiger partial charge on any atom is -0.493 e. The van der Waals surface area contributed by atoms with E-state index in [1.807, 2.05) is 6.08 Å². The first kappa shape index (κ1) is 15.0. The van der Waals surface area contributed by atoms with Crippen molar-refractivity contribution < 1.29 is 4.74 Å². The molecule has 0 heterocycles. The van der Waals surface area contributed by atoms with E-state index in [-0.39, 0.29) is 0 Å². The molecular weight excluding hydrogens is 219 g/mol. The monoisotopic (exact) mass is 244 g/mol. The molecule has 1 unspecified atom stereocenters. The van der Waals surface area contributed by atoms with Gasteiger partial charge in [0.1, 0.15) is 13.6 Å². The van der Waals surface area contributed by atoms with Gasteiger partial charge in [-0.2, -0.15) is 0 Å². The zero-order valence-electron chi connectivity index (χ0n) is 12.0. The SMILES string of the molecule is B/C(C)=C/C(=C\C#C)OCC(C)C1CCCCC1. The molecule has 0 bridgehead atoms. The molecular formula is C16H25BO. The summed E-state index contributed by atoms with van der Waals surface area (Å²) in [7, 11) is 2.05. The first-order valence-corrected chi connectivity index (χ1v) is 7.07. The number of hydrogen-bond acceptors (Lipinski definition) is 1. The summed E-state index contributed by atoms with van der Waals surface area (Å²) >= 11 is 0. The first-order chi connectivity index (χ1) is 8.63. The maximum atomic E-state index is 5.85. The fourth-order valence-electron chi connectivity index (χ4n) is 2.56. The summed E-state index contributed by atoms with van der Waals surface area (Å²) in [6, 6.07) is 0. The van der Waals surface area contributed by atoms with Gasteiger partial charge in [-0.25, -0.2) is 0 Å². The Bertz CT molecular complexity index is 339. The molecule has 1 rings (SSSR count). The van der Waals surface area contributed by atoms with Crippen molar-refractivity contribution in [2.24, 2.45) is 11.8 Å². The Kier molecular flexibility index (Phi) is 6.72. The van der Waals surface area contributed by atoms with E-state index in [1.54, 1.807) is 6.08 Å². The van der Waals surface area contributed by atoms with Crippen LogP contribution in [-0.4, -0.2) is 14.5 Å². The van der Waals surface area contributed by atoms with Gasteiger partial charge in [0.05, 0.1) is 6.61 Å². The minimum atomic E-state index is 0.622. The smallest absolute Gasteiger partial charge is 0.133 e. The molecule has 0 aromatic rings. The van der Waals surface area contributed by atoms with E-state index < -0.39 is 0 Å². The third-order valence-corrected chi connectivity index (χ3v) is 3.62. The van der Waals surface area contributed by atoms with Crippen LogP contribution < -0.4 is 0 Å². The second-order valence-corrected chi connectivity index (χ2v) is 5.62. The first-order valence-electron chi connectivity index (χ1n) is 7.07. The summed E-state index contributed by atoms with van der Waals surface area (Å²) in [4.78, 5) is 0. The highest BCUT2D eigenvalue weighted by atomic mass is 16.5. The van der Waals surface area contributed by atoms with E-state index in [2.05, 4.69) is 27.6 Å². The van der Waals surface area contributed by atoms with Crippen LogP contribution in [0.1, 0.15) is 46.0 Å². The predicted octanol–water partition coefficient (Wildman–Crippen LogP) is 3.27. The van der Waals surface area contributed by atoms with Crippen molar-refractivity contribution in [1.29, 1.82) is 0 Å². The highest BCUT2D eigenvalue weighted by Gasteiger charge is 2.20. The minimum absolute atomic E-state index is 0.622. The molecule has 0 aromatic heterocycles. The van der Waals surface area contributed by atoms with Gasteiger partial charge >= 0.3 is 0 Å². The molecule has 1 aliphatic carbocycles. The zero-order chi connectivity index (χ0) is 13.4. The molecule has 1 fully saturated rings. The maximum absolute atomic E-state index is 5.85. The third-order valence-electron chi connectivity index (χ3n) is 3.62. The Morgan fingerprint density at radius 1 is 1.44 bits per heavy atom. The van der Waals surface area contributed by atoms with Crippen LogP contribution >= 0.6 is 0 Å². The van der Waals surface area contributed by atoms with Crippen molar-refractivity contribution in [3.05, 3.63) is 23.4 Å². The third kappa shape index (κ3) is 5.49. The molecule has 1 saturated carbocycles. The van der Waals surface area contributed by atoms with Gasteiger partial charge in [0, 0.05) is 6.08 Å². The van der Waals surface area contributed by atoms with Gasteiger partial charge in [0.25, 0.3) is 0 Å². The van der Waals surface area contributed by atoms with E-state index in [0.717, 1.165) is 18.3 Å². The van der Waals surface area contributed by atoms with Crippen molar-refractivity contribution in [3.8, 4) is 12.3 Å². The second kappa shape index (κ2) is 8.09. The molecule has 0 amide bonds. The van der Waals surface area contributed by atoms with Gasteiger partial charge in [-0.05, 0) is 17.9 Å². The van der Waals surface area contributed by atoms with Crippen LogP contribution in [0.3, 0.4) is 0 Å². The van der Waals surface area contributed by atoms with Crippen molar-refractivity contribution in [2.75, 3.05) is 6.61 Å². The summed E-state index contributed by atoms with van der Waals surface area (Å²) in [5.41, 5.74) is 1.21. The van der Waals surface area contributed by atoms with Crippen molar-refractivity contribution >= 4 is 7.85 Å². The van der Waals surface area contributed by atoms with Gasteiger partial charge in [0.15, 0.2) is 0 Å². The molecule has 18 heavy (non-hydrogen) atoms. The molecule has 0 N–H and O–H groups in total. The normalized spacial score (nSPS) is 20.3. The maximum Gasteiger partial charge on any atom is 0.133 e. The van der Waals surface area contributed by atoms with E-state index in [1.165, 1.54) is 37.6 Å². The van der Waals surface area contributed by atoms with Gasteiger partial charge in [0.2, 0.25) is 0 Å². The van der Waals surface area contributed by atoms with Crippen LogP contribution in [0.5, 0.6) is 0 Å². The van der Waals surface area contributed by atoms with E-state index in [0.29, 0.717) is 5.92 Å². The predicted molar refractivity (Wildman–Crippen MR) is 80.9 cm³/mol. The van der Waals surface area contributed by atoms with Gasteiger partial charge in [-0.3, -0.25) is 0 Å². The standard InChI is InChI=1S/C16H25BO/c1-4-8-16(11-14(3)17)18-12-13(2)15-9-6-5-7-10-15/h1,8,11,13,15H,5-7,9-10,12,17H2,2-3H3/b14-11+,16-8+. The van der Waals surface area contributed by atoms with E-state index >= 15 is 0 Å². The number of rotatable bonds is 5. The van der Waals surface area contributed by atoms with E-state index in [9.17, 15) is 0 Å². The van der Waals surface area contributed by atoms with Crippen LogP contribution in [0.15, 0.2) is 23.4 Å². The highest BCUT2D eigenvalue weighted by Crippen LogP contribution is 2.30. The lowest BCUT2D eigenvalue weighted by molar-refractivity contribution is 0.130. The average molecular weight is 244 g/mol. The number of ether oxygens (including phenoxy) is 1. The summed E-state index contributed by atoms with van der Waals surface area (Å²) < 4.78 is 5.85. The lowest BCUT2D eigenvalue weighted by atomic mass is 9.81. The molecule has 2 heteroatoms. The lowest BCUT2D eigenvalue weighted by Crippen LogP contribution is -2.19. The Hall–Kier alpha value is -1.10. The molecule has 0 aromatic carbocycles. The van der Waals surface area contributed by atoms with Crippen LogP contribution in [0.2, 0.25) is 0 Å². The number of allylic oxidation sites excluding steroid dienone is 3. The summed E-state index contributed by atoms with van der Waals surface area (Å²) in [5, 5.41) is 0. The molecule has 0 aliphatic heterocycles. The lowest BCUT2D eigenvalue weighted by Gasteiger charge is -2.27. The van der Waals surface area contributed by atoms with Gasteiger partial charge < -0.3 is 4.74 Å². The Morgan fingerprint density at radius 2 is 2.11 bits per heavy atom. The fraction of sp³-hybridized carbons (Fsp3) is 0.625. The Morgan fingerprint density at radius 3 is 2.67 bits per heavy atom. The van der Waals surface area contributed by atoms with Crippen molar-refractivity contribution in [2.45, 2.75) is 46.0 Å². The number of hydrogen-bond donors (Lipinski definition) is 0. The molecule has 0 radical (unpaired) electrons. The molecule has 1 atom stereocenters. The van der Waals surface area contributed by atoms with Gasteiger partial charge in [-0.15, -0.1) is 11.9 Å². The molecule has 0 saturated heterocycles. The molecule has 1 aliphatic rings. The molecule has 98 valence electrons. The largest absolute Gasteiger partial charge is 0.493 e. The van der Waals surface area contributed by atoms with Gasteiger partial charge in [-0.1, -0.05) is 51.9 Å². The van der Waals surface area contributed by atoms with Crippen LogP contribution in [-0.2, 0) is 4.74 Å². The summed E-state index contributed by atoms with van der Waals surface area (Å²) in [6.45, 7) is 5.13.